The lowest BCUT2D eigenvalue weighted by Gasteiger charge is -2.14. The molecule has 0 heterocycles. The number of thioether (sulfide) groups is 1. The molecule has 0 spiro atoms. The molecule has 0 unspecified atom stereocenters. The van der Waals surface area contributed by atoms with Crippen LogP contribution in [0.4, 0.5) is 0 Å². The predicted octanol–water partition coefficient (Wildman–Crippen LogP) is 10.2. The Balaban J connectivity index is 1.79. The molecule has 0 amide bonds. The van der Waals surface area contributed by atoms with E-state index in [1.165, 1.54) is 104 Å². The van der Waals surface area contributed by atoms with Crippen LogP contribution in [0.2, 0.25) is 0 Å². The summed E-state index contributed by atoms with van der Waals surface area (Å²) in [6, 6.07) is 13.6. The molecular weight excluding hydrogens is 408 g/mol. The van der Waals surface area contributed by atoms with Crippen LogP contribution in [0.1, 0.15) is 102 Å². The summed E-state index contributed by atoms with van der Waals surface area (Å²) in [5, 5.41) is 0. The molecule has 0 radical (unpaired) electrons. The van der Waals surface area contributed by atoms with Crippen molar-refractivity contribution in [2.45, 2.75) is 110 Å². The third-order valence-corrected chi connectivity index (χ3v) is 7.26. The summed E-state index contributed by atoms with van der Waals surface area (Å²) in [5.41, 5.74) is 5.07. The molecule has 0 aliphatic heterocycles. The molecule has 0 saturated heterocycles. The fraction of sp³-hybridized carbons (Fsp3) is 0.600. The Kier molecular flexibility index (Phi) is 13.6. The minimum atomic E-state index is 0.833. The smallest absolute Gasteiger partial charge is 0.125 e. The first-order chi connectivity index (χ1) is 15.7. The van der Waals surface area contributed by atoms with Crippen LogP contribution in [-0.4, -0.2) is 12.4 Å². The number of hydrogen-bond donors (Lipinski definition) is 0. The summed E-state index contributed by atoms with van der Waals surface area (Å²) in [5.74, 6) is 2.30. The largest absolute Gasteiger partial charge is 0.493 e. The van der Waals surface area contributed by atoms with E-state index >= 15 is 0 Å². The highest BCUT2D eigenvalue weighted by Gasteiger charge is 2.08. The third-order valence-electron chi connectivity index (χ3n) is 6.16. The molecule has 32 heavy (non-hydrogen) atoms. The Bertz CT molecular complexity index is 727. The second kappa shape index (κ2) is 16.2. The molecule has 2 aromatic carbocycles. The fourth-order valence-corrected chi connectivity index (χ4v) is 5.13. The first-order valence-corrected chi connectivity index (χ1v) is 14.1. The van der Waals surface area contributed by atoms with Crippen LogP contribution in [-0.2, 0) is 0 Å². The summed E-state index contributed by atoms with van der Waals surface area (Å²) < 4.78 is 6.19. The van der Waals surface area contributed by atoms with Crippen LogP contribution in [0, 0.1) is 13.8 Å². The monoisotopic (exact) mass is 454 g/mol. The lowest BCUT2D eigenvalue weighted by atomic mass is 10.00. The quantitative estimate of drug-likeness (QED) is 0.174. The summed E-state index contributed by atoms with van der Waals surface area (Å²) >= 11 is 1.98. The average molecular weight is 455 g/mol. The highest BCUT2D eigenvalue weighted by atomic mass is 32.2. The molecule has 2 aromatic rings. The maximum absolute atomic E-state index is 6.19. The standard InChI is InChI=1S/C30H46OS/c1-5-7-9-11-12-13-14-15-21-31-30-25(3)23-28(24-26(30)4)27-17-19-29(20-18-27)32-22-16-10-8-6-2/h17-20,23-24H,5-16,21-22H2,1-4H3. The van der Waals surface area contributed by atoms with Gasteiger partial charge in [0.15, 0.2) is 0 Å². The molecule has 1 nitrogen and oxygen atoms in total. The number of rotatable bonds is 17. The normalized spacial score (nSPS) is 11.1. The summed E-state index contributed by atoms with van der Waals surface area (Å²) in [6.45, 7) is 9.74. The predicted molar refractivity (Wildman–Crippen MR) is 144 cm³/mol. The van der Waals surface area contributed by atoms with Gasteiger partial charge in [0.1, 0.15) is 5.75 Å². The van der Waals surface area contributed by atoms with Gasteiger partial charge in [-0.1, -0.05) is 90.2 Å². The highest BCUT2D eigenvalue weighted by molar-refractivity contribution is 7.99. The van der Waals surface area contributed by atoms with Gasteiger partial charge >= 0.3 is 0 Å². The van der Waals surface area contributed by atoms with Crippen molar-refractivity contribution >= 4 is 11.8 Å². The van der Waals surface area contributed by atoms with E-state index < -0.39 is 0 Å². The molecule has 178 valence electrons. The minimum Gasteiger partial charge on any atom is -0.493 e. The van der Waals surface area contributed by atoms with Crippen molar-refractivity contribution in [3.8, 4) is 16.9 Å². The Labute approximate surface area is 202 Å². The second-order valence-corrected chi connectivity index (χ2v) is 10.4. The zero-order valence-corrected chi connectivity index (χ0v) is 22.0. The van der Waals surface area contributed by atoms with Crippen molar-refractivity contribution < 1.29 is 4.74 Å². The maximum atomic E-state index is 6.19. The molecular formula is C30H46OS. The van der Waals surface area contributed by atoms with Gasteiger partial charge in [0, 0.05) is 4.90 Å². The lowest BCUT2D eigenvalue weighted by molar-refractivity contribution is 0.300. The molecule has 0 bridgehead atoms. The zero-order valence-electron chi connectivity index (χ0n) is 21.2. The molecule has 0 saturated carbocycles. The summed E-state index contributed by atoms with van der Waals surface area (Å²) in [6.07, 6.45) is 16.0. The van der Waals surface area contributed by atoms with Crippen LogP contribution >= 0.6 is 11.8 Å². The Hall–Kier alpha value is -1.41. The van der Waals surface area contributed by atoms with Gasteiger partial charge in [0.2, 0.25) is 0 Å². The average Bonchev–Trinajstić information content (AvgIpc) is 2.79. The molecule has 2 heteroatoms. The summed E-state index contributed by atoms with van der Waals surface area (Å²) in [7, 11) is 0. The van der Waals surface area contributed by atoms with Crippen molar-refractivity contribution in [2.75, 3.05) is 12.4 Å². The van der Waals surface area contributed by atoms with E-state index in [9.17, 15) is 0 Å². The first kappa shape index (κ1) is 26.8. The van der Waals surface area contributed by atoms with E-state index in [1.807, 2.05) is 11.8 Å². The Morgan fingerprint density at radius 2 is 1.16 bits per heavy atom. The fourth-order valence-electron chi connectivity index (χ4n) is 4.22. The van der Waals surface area contributed by atoms with Gasteiger partial charge in [0.25, 0.3) is 0 Å². The van der Waals surface area contributed by atoms with Crippen LogP contribution in [0.3, 0.4) is 0 Å². The minimum absolute atomic E-state index is 0.833. The van der Waals surface area contributed by atoms with Crippen molar-refractivity contribution in [1.82, 2.24) is 0 Å². The summed E-state index contributed by atoms with van der Waals surface area (Å²) in [4.78, 5) is 1.38. The van der Waals surface area contributed by atoms with E-state index in [1.54, 1.807) is 0 Å². The van der Waals surface area contributed by atoms with Crippen LogP contribution in [0.5, 0.6) is 5.75 Å². The van der Waals surface area contributed by atoms with Gasteiger partial charge in [-0.15, -0.1) is 11.8 Å². The van der Waals surface area contributed by atoms with Crippen LogP contribution < -0.4 is 4.74 Å². The molecule has 0 N–H and O–H groups in total. The number of benzene rings is 2. The zero-order chi connectivity index (χ0) is 23.0. The number of unbranched alkanes of at least 4 members (excludes halogenated alkanes) is 10. The lowest BCUT2D eigenvalue weighted by Crippen LogP contribution is -2.01. The molecule has 0 atom stereocenters. The Morgan fingerprint density at radius 1 is 0.625 bits per heavy atom. The van der Waals surface area contributed by atoms with E-state index in [-0.39, 0.29) is 0 Å². The Morgan fingerprint density at radius 3 is 1.75 bits per heavy atom. The van der Waals surface area contributed by atoms with Crippen molar-refractivity contribution in [1.29, 1.82) is 0 Å². The van der Waals surface area contributed by atoms with E-state index in [0.717, 1.165) is 18.8 Å². The SMILES string of the molecule is CCCCCCCCCCOc1c(C)cc(-c2ccc(SCCCCCC)cc2)cc1C. The van der Waals surface area contributed by atoms with Gasteiger partial charge in [-0.05, 0) is 79.0 Å². The van der Waals surface area contributed by atoms with Crippen molar-refractivity contribution in [3.63, 3.8) is 0 Å². The number of hydrogen-bond acceptors (Lipinski definition) is 2. The highest BCUT2D eigenvalue weighted by Crippen LogP contribution is 2.31. The molecule has 0 aromatic heterocycles. The van der Waals surface area contributed by atoms with E-state index in [2.05, 4.69) is 64.1 Å². The molecule has 0 aliphatic carbocycles. The van der Waals surface area contributed by atoms with Gasteiger partial charge in [-0.2, -0.15) is 0 Å². The van der Waals surface area contributed by atoms with Gasteiger partial charge in [-0.3, -0.25) is 0 Å². The van der Waals surface area contributed by atoms with Gasteiger partial charge in [0.05, 0.1) is 6.61 Å². The van der Waals surface area contributed by atoms with Crippen molar-refractivity contribution in [3.05, 3.63) is 47.5 Å². The maximum Gasteiger partial charge on any atom is 0.125 e. The molecule has 0 fully saturated rings. The molecule has 0 aliphatic rings. The third kappa shape index (κ3) is 10.0. The van der Waals surface area contributed by atoms with Gasteiger partial charge in [-0.25, -0.2) is 0 Å². The van der Waals surface area contributed by atoms with Crippen LogP contribution in [0.25, 0.3) is 11.1 Å². The number of ether oxygens (including phenoxy) is 1. The molecule has 2 rings (SSSR count). The van der Waals surface area contributed by atoms with E-state index in [4.69, 9.17) is 4.74 Å². The first-order valence-electron chi connectivity index (χ1n) is 13.1. The van der Waals surface area contributed by atoms with Gasteiger partial charge < -0.3 is 4.74 Å². The second-order valence-electron chi connectivity index (χ2n) is 9.20. The number of aryl methyl sites for hydroxylation is 2. The van der Waals surface area contributed by atoms with E-state index in [0.29, 0.717) is 0 Å². The van der Waals surface area contributed by atoms with Crippen molar-refractivity contribution in [2.24, 2.45) is 0 Å². The van der Waals surface area contributed by atoms with Crippen LogP contribution in [0.15, 0.2) is 41.3 Å². The topological polar surface area (TPSA) is 9.23 Å².